The molecule has 92 valence electrons. The summed E-state index contributed by atoms with van der Waals surface area (Å²) in [7, 11) is 0. The summed E-state index contributed by atoms with van der Waals surface area (Å²) in [5.74, 6) is -0.0766. The number of carbonyl (C=O) groups excluding carboxylic acids is 2. The molecule has 0 fully saturated rings. The molecular formula is C12H11N3O3. The predicted molar refractivity (Wildman–Crippen MR) is 63.7 cm³/mol. The van der Waals surface area contributed by atoms with E-state index in [1.165, 1.54) is 13.3 Å². The Morgan fingerprint density at radius 3 is 2.89 bits per heavy atom. The largest absolute Gasteiger partial charge is 0.342 e. The summed E-state index contributed by atoms with van der Waals surface area (Å²) in [5, 5.41) is 6.33. The smallest absolute Gasteiger partial charge is 0.231 e. The van der Waals surface area contributed by atoms with Crippen molar-refractivity contribution in [2.75, 3.05) is 5.32 Å². The van der Waals surface area contributed by atoms with E-state index in [0.717, 1.165) is 5.56 Å². The fourth-order valence-electron chi connectivity index (χ4n) is 1.47. The summed E-state index contributed by atoms with van der Waals surface area (Å²) in [6, 6.07) is 6.99. The van der Waals surface area contributed by atoms with Crippen molar-refractivity contribution in [2.45, 2.75) is 13.3 Å². The number of hydrogen-bond donors (Lipinski definition) is 1. The molecule has 0 radical (unpaired) electrons. The van der Waals surface area contributed by atoms with Crippen LogP contribution >= 0.6 is 0 Å². The molecule has 0 spiro atoms. The minimum atomic E-state index is -0.340. The van der Waals surface area contributed by atoms with Crippen LogP contribution in [0, 0.1) is 0 Å². The molecule has 2 rings (SSSR count). The number of rotatable bonds is 4. The molecule has 0 aliphatic heterocycles. The molecule has 0 aliphatic carbocycles. The molecule has 1 aromatic carbocycles. The van der Waals surface area contributed by atoms with Gasteiger partial charge < -0.3 is 9.84 Å². The molecule has 0 aliphatic rings. The lowest BCUT2D eigenvalue weighted by atomic mass is 10.2. The Bertz CT molecular complexity index is 564. The van der Waals surface area contributed by atoms with E-state index < -0.39 is 0 Å². The summed E-state index contributed by atoms with van der Waals surface area (Å²) < 4.78 is 4.65. The molecule has 0 bridgehead atoms. The maximum Gasteiger partial charge on any atom is 0.231 e. The van der Waals surface area contributed by atoms with Gasteiger partial charge in [0.2, 0.25) is 18.1 Å². The molecule has 0 saturated heterocycles. The summed E-state index contributed by atoms with van der Waals surface area (Å²) in [6.45, 7) is 1.37. The van der Waals surface area contributed by atoms with Crippen LogP contribution in [0.4, 0.5) is 5.69 Å². The minimum Gasteiger partial charge on any atom is -0.342 e. The highest BCUT2D eigenvalue weighted by molar-refractivity contribution is 6.03. The van der Waals surface area contributed by atoms with Crippen molar-refractivity contribution in [3.8, 4) is 11.4 Å². The summed E-state index contributed by atoms with van der Waals surface area (Å²) in [5.41, 5.74) is 1.31. The highest BCUT2D eigenvalue weighted by atomic mass is 16.5. The van der Waals surface area contributed by atoms with E-state index in [0.29, 0.717) is 11.5 Å². The zero-order chi connectivity index (χ0) is 13.0. The third-order valence-electron chi connectivity index (χ3n) is 2.18. The normalized spacial score (nSPS) is 10.1. The Hall–Kier alpha value is -2.50. The first-order valence-corrected chi connectivity index (χ1v) is 5.31. The van der Waals surface area contributed by atoms with Crippen molar-refractivity contribution in [3.05, 3.63) is 30.7 Å². The number of carbonyl (C=O) groups is 2. The van der Waals surface area contributed by atoms with Gasteiger partial charge in [0, 0.05) is 11.3 Å². The second-order valence-electron chi connectivity index (χ2n) is 3.76. The van der Waals surface area contributed by atoms with Crippen molar-refractivity contribution < 1.29 is 14.1 Å². The topological polar surface area (TPSA) is 85.1 Å². The molecule has 1 amide bonds. The number of nitrogens with zero attached hydrogens (tertiary/aromatic N) is 2. The molecule has 1 heterocycles. The van der Waals surface area contributed by atoms with Crippen LogP contribution in [0.15, 0.2) is 35.2 Å². The predicted octanol–water partition coefficient (Wildman–Crippen LogP) is 1.65. The van der Waals surface area contributed by atoms with Crippen LogP contribution in [0.1, 0.15) is 13.3 Å². The van der Waals surface area contributed by atoms with Crippen LogP contribution in [-0.2, 0) is 9.59 Å². The highest BCUT2D eigenvalue weighted by Gasteiger charge is 2.07. The number of amides is 1. The third kappa shape index (κ3) is 3.00. The molecule has 18 heavy (non-hydrogen) atoms. The zero-order valence-electron chi connectivity index (χ0n) is 9.71. The van der Waals surface area contributed by atoms with Crippen molar-refractivity contribution >= 4 is 17.4 Å². The zero-order valence-corrected chi connectivity index (χ0v) is 9.71. The van der Waals surface area contributed by atoms with Crippen LogP contribution in [0.25, 0.3) is 11.4 Å². The summed E-state index contributed by atoms with van der Waals surface area (Å²) >= 11 is 0. The van der Waals surface area contributed by atoms with E-state index in [1.807, 2.05) is 0 Å². The molecule has 6 heteroatoms. The summed E-state index contributed by atoms with van der Waals surface area (Å²) in [6.07, 6.45) is 1.10. The average Bonchev–Trinajstić information content (AvgIpc) is 2.81. The van der Waals surface area contributed by atoms with E-state index in [1.54, 1.807) is 24.3 Å². The second kappa shape index (κ2) is 5.22. The monoisotopic (exact) mass is 245 g/mol. The fourth-order valence-corrected chi connectivity index (χ4v) is 1.47. The van der Waals surface area contributed by atoms with Gasteiger partial charge in [-0.15, -0.1) is 0 Å². The fraction of sp³-hybridized carbons (Fsp3) is 0.167. The number of benzene rings is 1. The van der Waals surface area contributed by atoms with E-state index in [2.05, 4.69) is 20.0 Å². The molecule has 1 N–H and O–H groups in total. The lowest BCUT2D eigenvalue weighted by Gasteiger charge is -2.04. The van der Waals surface area contributed by atoms with Crippen LogP contribution in [0.2, 0.25) is 0 Å². The number of aromatic nitrogens is 2. The van der Waals surface area contributed by atoms with Gasteiger partial charge >= 0.3 is 0 Å². The molecular weight excluding hydrogens is 234 g/mol. The Labute approximate surface area is 103 Å². The first kappa shape index (κ1) is 12.0. The number of Topliss-reactive ketones (excluding diaryl/α,β-unsaturated/α-hetero) is 1. The van der Waals surface area contributed by atoms with Gasteiger partial charge in [0.25, 0.3) is 0 Å². The Morgan fingerprint density at radius 1 is 1.39 bits per heavy atom. The number of ketones is 1. The number of anilines is 1. The molecule has 0 unspecified atom stereocenters. The van der Waals surface area contributed by atoms with Crippen LogP contribution in [-0.4, -0.2) is 21.8 Å². The Balaban J connectivity index is 2.13. The van der Waals surface area contributed by atoms with Gasteiger partial charge in [0.05, 0.1) is 6.42 Å². The minimum absolute atomic E-state index is 0.133. The lowest BCUT2D eigenvalue weighted by Crippen LogP contribution is -2.14. The van der Waals surface area contributed by atoms with Crippen LogP contribution in [0.3, 0.4) is 0 Å². The van der Waals surface area contributed by atoms with Gasteiger partial charge in [0.15, 0.2) is 0 Å². The van der Waals surface area contributed by atoms with Gasteiger partial charge in [0.1, 0.15) is 5.78 Å². The molecule has 0 atom stereocenters. The van der Waals surface area contributed by atoms with Gasteiger partial charge in [-0.3, -0.25) is 9.59 Å². The first-order valence-electron chi connectivity index (χ1n) is 5.31. The second-order valence-corrected chi connectivity index (χ2v) is 3.76. The highest BCUT2D eigenvalue weighted by Crippen LogP contribution is 2.19. The Kier molecular flexibility index (Phi) is 3.47. The van der Waals surface area contributed by atoms with Gasteiger partial charge in [-0.25, -0.2) is 0 Å². The third-order valence-corrected chi connectivity index (χ3v) is 2.18. The molecule has 1 aromatic heterocycles. The van der Waals surface area contributed by atoms with E-state index in [4.69, 9.17) is 0 Å². The quantitative estimate of drug-likeness (QED) is 0.828. The van der Waals surface area contributed by atoms with Crippen molar-refractivity contribution in [2.24, 2.45) is 0 Å². The maximum absolute atomic E-state index is 11.4. The first-order chi connectivity index (χ1) is 8.65. The van der Waals surface area contributed by atoms with Crippen molar-refractivity contribution in [3.63, 3.8) is 0 Å². The van der Waals surface area contributed by atoms with Gasteiger partial charge in [-0.05, 0) is 19.1 Å². The lowest BCUT2D eigenvalue weighted by molar-refractivity contribution is -0.124. The van der Waals surface area contributed by atoms with Crippen molar-refractivity contribution in [1.82, 2.24) is 10.1 Å². The standard InChI is InChI=1S/C12H11N3O3/c1-8(16)5-11(17)14-10-4-2-3-9(6-10)12-13-7-18-15-12/h2-4,6-7H,5H2,1H3,(H,14,17). The molecule has 2 aromatic rings. The number of hydrogen-bond acceptors (Lipinski definition) is 5. The van der Waals surface area contributed by atoms with E-state index >= 15 is 0 Å². The average molecular weight is 245 g/mol. The number of nitrogens with one attached hydrogen (secondary N) is 1. The Morgan fingerprint density at radius 2 is 2.22 bits per heavy atom. The van der Waals surface area contributed by atoms with E-state index in [9.17, 15) is 9.59 Å². The van der Waals surface area contributed by atoms with Gasteiger partial charge in [-0.1, -0.05) is 17.3 Å². The molecule has 0 saturated carbocycles. The molecule has 6 nitrogen and oxygen atoms in total. The maximum atomic E-state index is 11.4. The summed E-state index contributed by atoms with van der Waals surface area (Å²) in [4.78, 5) is 26.2. The SMILES string of the molecule is CC(=O)CC(=O)Nc1cccc(-c2ncon2)c1. The van der Waals surface area contributed by atoms with Gasteiger partial charge in [-0.2, -0.15) is 4.98 Å². The van der Waals surface area contributed by atoms with E-state index in [-0.39, 0.29) is 18.1 Å². The van der Waals surface area contributed by atoms with Crippen molar-refractivity contribution in [1.29, 1.82) is 0 Å². The van der Waals surface area contributed by atoms with Crippen LogP contribution in [0.5, 0.6) is 0 Å². The van der Waals surface area contributed by atoms with Crippen LogP contribution < -0.4 is 5.32 Å².